The van der Waals surface area contributed by atoms with Crippen molar-refractivity contribution in [1.82, 2.24) is 0 Å². The second kappa shape index (κ2) is 11.1. The molecule has 36 heavy (non-hydrogen) atoms. The van der Waals surface area contributed by atoms with Gasteiger partial charge in [-0.1, -0.05) is 88.2 Å². The fourth-order valence-corrected chi connectivity index (χ4v) is 4.53. The van der Waals surface area contributed by atoms with E-state index in [2.05, 4.69) is 19.2 Å². The van der Waals surface area contributed by atoms with Crippen LogP contribution >= 0.6 is 11.6 Å². The van der Waals surface area contributed by atoms with E-state index in [1.807, 2.05) is 74.5 Å². The normalized spacial score (nSPS) is 16.3. The molecular weight excluding hydrogens is 470 g/mol. The van der Waals surface area contributed by atoms with Gasteiger partial charge in [-0.2, -0.15) is 0 Å². The molecule has 0 saturated carbocycles. The van der Waals surface area contributed by atoms with Crippen molar-refractivity contribution in [2.75, 3.05) is 16.8 Å². The second-order valence-electron chi connectivity index (χ2n) is 9.58. The Morgan fingerprint density at radius 1 is 1.03 bits per heavy atom. The highest BCUT2D eigenvalue weighted by atomic mass is 35.5. The molecule has 6 heteroatoms. The largest absolute Gasteiger partial charge is 0.325 e. The molecule has 0 fully saturated rings. The summed E-state index contributed by atoms with van der Waals surface area (Å²) in [7, 11) is 0. The Bertz CT molecular complexity index is 1270. The zero-order chi connectivity index (χ0) is 25.8. The lowest BCUT2D eigenvalue weighted by Gasteiger charge is -2.26. The quantitative estimate of drug-likeness (QED) is 0.391. The Kier molecular flexibility index (Phi) is 7.90. The molecule has 3 aromatic rings. The molecular formula is C30H32ClN3O2. The first-order valence-corrected chi connectivity index (χ1v) is 12.8. The molecule has 1 aliphatic rings. The van der Waals surface area contributed by atoms with Gasteiger partial charge in [-0.3, -0.25) is 14.6 Å². The maximum atomic E-state index is 13.9. The summed E-state index contributed by atoms with van der Waals surface area (Å²) in [5.74, 6) is -0.0593. The molecule has 0 unspecified atom stereocenters. The van der Waals surface area contributed by atoms with E-state index >= 15 is 0 Å². The Labute approximate surface area is 218 Å². The van der Waals surface area contributed by atoms with Crippen LogP contribution in [0.5, 0.6) is 0 Å². The van der Waals surface area contributed by atoms with Crippen LogP contribution in [0.1, 0.15) is 56.7 Å². The molecule has 1 N–H and O–H groups in total. The monoisotopic (exact) mass is 501 g/mol. The molecule has 186 valence electrons. The SMILES string of the molecule is CC[C@H](C)[C@@H]1N=C(c2ccccc2)c2cc(Cl)ccc2N(CC(=O)Nc2ccc(C(C)C)cc2)C1=O. The zero-order valence-corrected chi connectivity index (χ0v) is 21.9. The summed E-state index contributed by atoms with van der Waals surface area (Å²) < 4.78 is 0. The third-order valence-electron chi connectivity index (χ3n) is 6.68. The van der Waals surface area contributed by atoms with E-state index in [-0.39, 0.29) is 24.3 Å². The van der Waals surface area contributed by atoms with Crippen molar-refractivity contribution < 1.29 is 9.59 Å². The Balaban J connectivity index is 1.72. The number of carbonyl (C=O) groups excluding carboxylic acids is 2. The van der Waals surface area contributed by atoms with Crippen LogP contribution in [0.25, 0.3) is 0 Å². The summed E-state index contributed by atoms with van der Waals surface area (Å²) in [4.78, 5) is 33.6. The maximum Gasteiger partial charge on any atom is 0.252 e. The number of halogens is 1. The van der Waals surface area contributed by atoms with Crippen molar-refractivity contribution >= 4 is 40.5 Å². The molecule has 0 bridgehead atoms. The highest BCUT2D eigenvalue weighted by molar-refractivity contribution is 6.32. The molecule has 2 atom stereocenters. The summed E-state index contributed by atoms with van der Waals surface area (Å²) in [6.07, 6.45) is 0.779. The Hall–Kier alpha value is -3.44. The lowest BCUT2D eigenvalue weighted by atomic mass is 9.98. The lowest BCUT2D eigenvalue weighted by molar-refractivity contribution is -0.123. The standard InChI is InChI=1S/C30H32ClN3O2/c1-5-20(4)28-30(36)34(18-27(35)32-24-14-11-21(12-15-24)19(2)3)26-16-13-23(31)17-25(26)29(33-28)22-9-7-6-8-10-22/h6-17,19-20,28H,5,18H2,1-4H3,(H,32,35)/t20-,28-/m0/s1. The van der Waals surface area contributed by atoms with Crippen molar-refractivity contribution in [2.24, 2.45) is 10.9 Å². The van der Waals surface area contributed by atoms with E-state index in [9.17, 15) is 9.59 Å². The van der Waals surface area contributed by atoms with E-state index in [0.29, 0.717) is 28.0 Å². The van der Waals surface area contributed by atoms with Gasteiger partial charge in [-0.05, 0) is 47.7 Å². The summed E-state index contributed by atoms with van der Waals surface area (Å²) in [6, 6.07) is 22.4. The van der Waals surface area contributed by atoms with Gasteiger partial charge in [0.15, 0.2) is 0 Å². The van der Waals surface area contributed by atoms with Gasteiger partial charge in [0, 0.05) is 21.8 Å². The van der Waals surface area contributed by atoms with Crippen molar-refractivity contribution in [1.29, 1.82) is 0 Å². The summed E-state index contributed by atoms with van der Waals surface area (Å²) in [6.45, 7) is 8.20. The number of hydrogen-bond acceptors (Lipinski definition) is 3. The highest BCUT2D eigenvalue weighted by Gasteiger charge is 2.35. The van der Waals surface area contributed by atoms with Crippen LogP contribution in [0.3, 0.4) is 0 Å². The maximum absolute atomic E-state index is 13.9. The van der Waals surface area contributed by atoms with E-state index in [0.717, 1.165) is 17.5 Å². The molecule has 0 spiro atoms. The van der Waals surface area contributed by atoms with E-state index in [1.165, 1.54) is 5.56 Å². The highest BCUT2D eigenvalue weighted by Crippen LogP contribution is 2.33. The number of benzene rings is 3. The van der Waals surface area contributed by atoms with Crippen LogP contribution < -0.4 is 10.2 Å². The van der Waals surface area contributed by atoms with E-state index in [1.54, 1.807) is 17.0 Å². The third-order valence-corrected chi connectivity index (χ3v) is 6.92. The van der Waals surface area contributed by atoms with Gasteiger partial charge in [-0.25, -0.2) is 0 Å². The van der Waals surface area contributed by atoms with E-state index < -0.39 is 6.04 Å². The minimum Gasteiger partial charge on any atom is -0.325 e. The number of nitrogens with zero attached hydrogens (tertiary/aromatic N) is 2. The van der Waals surface area contributed by atoms with Gasteiger partial charge >= 0.3 is 0 Å². The molecule has 3 aromatic carbocycles. The number of rotatable bonds is 7. The predicted molar refractivity (Wildman–Crippen MR) is 148 cm³/mol. The molecule has 4 rings (SSSR count). The van der Waals surface area contributed by atoms with Crippen LogP contribution in [-0.2, 0) is 9.59 Å². The van der Waals surface area contributed by atoms with Gasteiger partial charge in [0.05, 0.1) is 11.4 Å². The third kappa shape index (κ3) is 5.52. The number of hydrogen-bond donors (Lipinski definition) is 1. The summed E-state index contributed by atoms with van der Waals surface area (Å²) in [5.41, 5.74) is 4.87. The zero-order valence-electron chi connectivity index (χ0n) is 21.2. The molecule has 0 aliphatic carbocycles. The molecule has 0 aromatic heterocycles. The molecule has 1 heterocycles. The smallest absolute Gasteiger partial charge is 0.252 e. The van der Waals surface area contributed by atoms with Gasteiger partial charge in [0.2, 0.25) is 5.91 Å². The number of aliphatic imine (C=N–C) groups is 1. The first-order valence-electron chi connectivity index (χ1n) is 12.4. The minimum atomic E-state index is -0.616. The fraction of sp³-hybridized carbons (Fsp3) is 0.300. The van der Waals surface area contributed by atoms with Crippen molar-refractivity contribution in [3.63, 3.8) is 0 Å². The van der Waals surface area contributed by atoms with Gasteiger partial charge in [0.1, 0.15) is 12.6 Å². The van der Waals surface area contributed by atoms with Crippen LogP contribution in [0.4, 0.5) is 11.4 Å². The Morgan fingerprint density at radius 2 is 1.72 bits per heavy atom. The van der Waals surface area contributed by atoms with Crippen LogP contribution in [0, 0.1) is 5.92 Å². The average Bonchev–Trinajstić information content (AvgIpc) is 2.99. The summed E-state index contributed by atoms with van der Waals surface area (Å²) >= 11 is 6.40. The first kappa shape index (κ1) is 25.6. The second-order valence-corrected chi connectivity index (χ2v) is 10.0. The van der Waals surface area contributed by atoms with Gasteiger partial charge in [0.25, 0.3) is 5.91 Å². The number of carbonyl (C=O) groups is 2. The molecule has 0 radical (unpaired) electrons. The van der Waals surface area contributed by atoms with Crippen molar-refractivity contribution in [2.45, 2.75) is 46.1 Å². The molecule has 5 nitrogen and oxygen atoms in total. The average molecular weight is 502 g/mol. The van der Waals surface area contributed by atoms with Crippen molar-refractivity contribution in [3.8, 4) is 0 Å². The van der Waals surface area contributed by atoms with Gasteiger partial charge in [-0.15, -0.1) is 0 Å². The lowest BCUT2D eigenvalue weighted by Crippen LogP contribution is -2.44. The topological polar surface area (TPSA) is 61.8 Å². The van der Waals surface area contributed by atoms with Crippen LogP contribution in [-0.4, -0.2) is 30.1 Å². The molecule has 2 amide bonds. The van der Waals surface area contributed by atoms with Crippen LogP contribution in [0.2, 0.25) is 5.02 Å². The number of amides is 2. The number of benzodiazepines with no additional fused rings is 1. The van der Waals surface area contributed by atoms with Crippen molar-refractivity contribution in [3.05, 3.63) is 94.5 Å². The predicted octanol–water partition coefficient (Wildman–Crippen LogP) is 6.70. The minimum absolute atomic E-state index is 0.00450. The van der Waals surface area contributed by atoms with Crippen LogP contribution in [0.15, 0.2) is 77.8 Å². The first-order chi connectivity index (χ1) is 17.3. The number of nitrogens with one attached hydrogen (secondary N) is 1. The number of fused-ring (bicyclic) bond motifs is 1. The Morgan fingerprint density at radius 3 is 2.36 bits per heavy atom. The summed E-state index contributed by atoms with van der Waals surface area (Å²) in [5, 5.41) is 3.49. The number of anilines is 2. The molecule has 1 aliphatic heterocycles. The van der Waals surface area contributed by atoms with Gasteiger partial charge < -0.3 is 10.2 Å². The van der Waals surface area contributed by atoms with E-state index in [4.69, 9.17) is 16.6 Å². The molecule has 0 saturated heterocycles. The fourth-order valence-electron chi connectivity index (χ4n) is 4.35.